The lowest BCUT2D eigenvalue weighted by molar-refractivity contribution is 0.0960. The molecule has 0 spiro atoms. The van der Waals surface area contributed by atoms with Gasteiger partial charge in [0.05, 0.1) is 0 Å². The van der Waals surface area contributed by atoms with E-state index in [1.54, 1.807) is 4.57 Å². The van der Waals surface area contributed by atoms with Crippen molar-refractivity contribution < 1.29 is 4.79 Å². The maximum Gasteiger partial charge on any atom is 0.261 e. The van der Waals surface area contributed by atoms with Crippen LogP contribution in [0.2, 0.25) is 0 Å². The minimum atomic E-state index is 0.0699. The summed E-state index contributed by atoms with van der Waals surface area (Å²) in [4.78, 5) is 12.6. The van der Waals surface area contributed by atoms with Crippen LogP contribution in [-0.2, 0) is 12.8 Å². The SMILES string of the molecule is CCCCc1cn(C(=O)c2ccc(C)cc2)cc1CCCC. The van der Waals surface area contributed by atoms with Gasteiger partial charge in [-0.15, -0.1) is 0 Å². The van der Waals surface area contributed by atoms with Crippen molar-refractivity contribution in [1.29, 1.82) is 0 Å². The quantitative estimate of drug-likeness (QED) is 0.691. The summed E-state index contributed by atoms with van der Waals surface area (Å²) in [5.41, 5.74) is 4.62. The van der Waals surface area contributed by atoms with Gasteiger partial charge >= 0.3 is 0 Å². The molecule has 0 radical (unpaired) electrons. The minimum absolute atomic E-state index is 0.0699. The van der Waals surface area contributed by atoms with Crippen LogP contribution in [-0.4, -0.2) is 10.5 Å². The van der Waals surface area contributed by atoms with Gasteiger partial charge in [-0.1, -0.05) is 44.4 Å². The Morgan fingerprint density at radius 3 is 1.86 bits per heavy atom. The van der Waals surface area contributed by atoms with Gasteiger partial charge in [0.1, 0.15) is 0 Å². The first-order valence-corrected chi connectivity index (χ1v) is 8.46. The summed E-state index contributed by atoms with van der Waals surface area (Å²) >= 11 is 0. The zero-order valence-corrected chi connectivity index (χ0v) is 14.1. The van der Waals surface area contributed by atoms with Crippen LogP contribution in [0, 0.1) is 6.92 Å². The fraction of sp³-hybridized carbons (Fsp3) is 0.450. The highest BCUT2D eigenvalue weighted by Crippen LogP contribution is 2.18. The molecule has 0 unspecified atom stereocenters. The van der Waals surface area contributed by atoms with E-state index in [1.165, 1.54) is 42.4 Å². The Morgan fingerprint density at radius 2 is 1.41 bits per heavy atom. The molecule has 0 amide bonds. The number of carbonyl (C=O) groups is 1. The standard InChI is InChI=1S/C20H27NO/c1-4-6-8-18-14-21(15-19(18)9-7-5-2)20(22)17-12-10-16(3)11-13-17/h10-15H,4-9H2,1-3H3. The van der Waals surface area contributed by atoms with Gasteiger partial charge < -0.3 is 0 Å². The molecule has 1 aromatic carbocycles. The van der Waals surface area contributed by atoms with Crippen LogP contribution in [0.5, 0.6) is 0 Å². The topological polar surface area (TPSA) is 22.0 Å². The zero-order chi connectivity index (χ0) is 15.9. The van der Waals surface area contributed by atoms with Crippen molar-refractivity contribution >= 4 is 5.91 Å². The molecule has 2 aromatic rings. The van der Waals surface area contributed by atoms with E-state index in [0.29, 0.717) is 0 Å². The van der Waals surface area contributed by atoms with E-state index in [-0.39, 0.29) is 5.91 Å². The number of hydrogen-bond donors (Lipinski definition) is 0. The summed E-state index contributed by atoms with van der Waals surface area (Å²) in [6.07, 6.45) is 11.0. The monoisotopic (exact) mass is 297 g/mol. The molecule has 2 rings (SSSR count). The molecule has 0 N–H and O–H groups in total. The Kier molecular flexibility index (Phi) is 6.00. The number of unbranched alkanes of at least 4 members (excludes halogenated alkanes) is 2. The molecular weight excluding hydrogens is 270 g/mol. The number of rotatable bonds is 7. The van der Waals surface area contributed by atoms with Crippen LogP contribution in [0.4, 0.5) is 0 Å². The highest BCUT2D eigenvalue weighted by Gasteiger charge is 2.12. The predicted octanol–water partition coefficient (Wildman–Crippen LogP) is 5.17. The minimum Gasteiger partial charge on any atom is -0.290 e. The smallest absolute Gasteiger partial charge is 0.261 e. The lowest BCUT2D eigenvalue weighted by Crippen LogP contribution is -2.09. The Labute approximate surface area is 134 Å². The molecule has 22 heavy (non-hydrogen) atoms. The Morgan fingerprint density at radius 1 is 0.909 bits per heavy atom. The second-order valence-corrected chi connectivity index (χ2v) is 6.09. The summed E-state index contributed by atoms with van der Waals surface area (Å²) in [5.74, 6) is 0.0699. The molecule has 0 saturated carbocycles. The second kappa shape index (κ2) is 7.98. The van der Waals surface area contributed by atoms with Crippen molar-refractivity contribution in [2.45, 2.75) is 59.3 Å². The largest absolute Gasteiger partial charge is 0.290 e. The van der Waals surface area contributed by atoms with Crippen molar-refractivity contribution in [2.24, 2.45) is 0 Å². The van der Waals surface area contributed by atoms with Gasteiger partial charge in [0.15, 0.2) is 0 Å². The molecule has 0 aliphatic carbocycles. The Bertz CT molecular complexity index is 582. The first-order valence-electron chi connectivity index (χ1n) is 8.46. The molecule has 0 atom stereocenters. The van der Waals surface area contributed by atoms with Crippen LogP contribution in [0.25, 0.3) is 0 Å². The van der Waals surface area contributed by atoms with Crippen LogP contribution in [0.3, 0.4) is 0 Å². The van der Waals surface area contributed by atoms with Crippen LogP contribution >= 0.6 is 0 Å². The average Bonchev–Trinajstić information content (AvgIpc) is 2.94. The lowest BCUT2D eigenvalue weighted by Gasteiger charge is -2.02. The molecule has 0 saturated heterocycles. The van der Waals surface area contributed by atoms with Crippen molar-refractivity contribution in [3.8, 4) is 0 Å². The summed E-state index contributed by atoms with van der Waals surface area (Å²) < 4.78 is 1.78. The van der Waals surface area contributed by atoms with Gasteiger partial charge in [-0.2, -0.15) is 0 Å². The van der Waals surface area contributed by atoms with E-state index in [1.807, 2.05) is 43.6 Å². The Balaban J connectivity index is 2.23. The molecule has 118 valence electrons. The molecule has 0 aliphatic heterocycles. The van der Waals surface area contributed by atoms with Crippen molar-refractivity contribution in [1.82, 2.24) is 4.57 Å². The fourth-order valence-electron chi connectivity index (χ4n) is 2.69. The van der Waals surface area contributed by atoms with E-state index in [2.05, 4.69) is 13.8 Å². The third kappa shape index (κ3) is 4.09. The molecule has 2 heteroatoms. The summed E-state index contributed by atoms with van der Waals surface area (Å²) in [6, 6.07) is 7.81. The third-order valence-corrected chi connectivity index (χ3v) is 4.13. The number of aryl methyl sites for hydroxylation is 3. The second-order valence-electron chi connectivity index (χ2n) is 6.09. The molecule has 1 aromatic heterocycles. The lowest BCUT2D eigenvalue weighted by atomic mass is 10.0. The number of aromatic nitrogens is 1. The van der Waals surface area contributed by atoms with Gasteiger partial charge in [-0.3, -0.25) is 9.36 Å². The number of carbonyl (C=O) groups excluding carboxylic acids is 1. The Hall–Kier alpha value is -1.83. The highest BCUT2D eigenvalue weighted by molar-refractivity contribution is 5.96. The summed E-state index contributed by atoms with van der Waals surface area (Å²) in [5, 5.41) is 0. The first kappa shape index (κ1) is 16.5. The third-order valence-electron chi connectivity index (χ3n) is 4.13. The number of hydrogen-bond acceptors (Lipinski definition) is 1. The van der Waals surface area contributed by atoms with Crippen LogP contribution < -0.4 is 0 Å². The van der Waals surface area contributed by atoms with Gasteiger partial charge in [-0.25, -0.2) is 0 Å². The summed E-state index contributed by atoms with van der Waals surface area (Å²) in [7, 11) is 0. The van der Waals surface area contributed by atoms with E-state index in [0.717, 1.165) is 18.4 Å². The molecule has 0 aliphatic rings. The van der Waals surface area contributed by atoms with E-state index >= 15 is 0 Å². The van der Waals surface area contributed by atoms with Crippen LogP contribution in [0.1, 0.15) is 66.6 Å². The van der Waals surface area contributed by atoms with Gasteiger partial charge in [0.2, 0.25) is 0 Å². The van der Waals surface area contributed by atoms with Gasteiger partial charge in [-0.05, 0) is 55.9 Å². The molecule has 1 heterocycles. The molecule has 0 bridgehead atoms. The van der Waals surface area contributed by atoms with Crippen molar-refractivity contribution in [3.63, 3.8) is 0 Å². The van der Waals surface area contributed by atoms with E-state index < -0.39 is 0 Å². The predicted molar refractivity (Wildman–Crippen MR) is 92.6 cm³/mol. The highest BCUT2D eigenvalue weighted by atomic mass is 16.2. The van der Waals surface area contributed by atoms with Crippen molar-refractivity contribution in [2.75, 3.05) is 0 Å². The number of benzene rings is 1. The molecule has 0 fully saturated rings. The zero-order valence-electron chi connectivity index (χ0n) is 14.1. The summed E-state index contributed by atoms with van der Waals surface area (Å²) in [6.45, 7) is 6.45. The molecule has 2 nitrogen and oxygen atoms in total. The number of nitrogens with zero attached hydrogens (tertiary/aromatic N) is 1. The maximum atomic E-state index is 12.6. The van der Waals surface area contributed by atoms with Crippen molar-refractivity contribution in [3.05, 3.63) is 58.9 Å². The van der Waals surface area contributed by atoms with Gasteiger partial charge in [0.25, 0.3) is 5.91 Å². The molecular formula is C20H27NO. The van der Waals surface area contributed by atoms with E-state index in [4.69, 9.17) is 0 Å². The first-order chi connectivity index (χ1) is 10.7. The average molecular weight is 297 g/mol. The van der Waals surface area contributed by atoms with E-state index in [9.17, 15) is 4.79 Å². The van der Waals surface area contributed by atoms with Crippen LogP contribution in [0.15, 0.2) is 36.7 Å². The van der Waals surface area contributed by atoms with Gasteiger partial charge in [0, 0.05) is 18.0 Å². The maximum absolute atomic E-state index is 12.6. The fourth-order valence-corrected chi connectivity index (χ4v) is 2.69. The normalized spacial score (nSPS) is 10.9.